The number of ether oxygens (including phenoxy) is 1. The molecule has 3 aromatic heterocycles. The zero-order valence-electron chi connectivity index (χ0n) is 17.3. The Hall–Kier alpha value is -2.39. The summed E-state index contributed by atoms with van der Waals surface area (Å²) in [6.07, 6.45) is 2.32. The predicted molar refractivity (Wildman–Crippen MR) is 117 cm³/mol. The third kappa shape index (κ3) is 4.22. The van der Waals surface area contributed by atoms with Crippen LogP contribution in [0.25, 0.3) is 10.7 Å². The topological polar surface area (TPSA) is 79.0 Å². The maximum atomic E-state index is 12.6. The van der Waals surface area contributed by atoms with E-state index in [4.69, 9.17) is 4.74 Å². The summed E-state index contributed by atoms with van der Waals surface area (Å²) in [5, 5.41) is 11.1. The quantitative estimate of drug-likeness (QED) is 0.278. The fraction of sp³-hybridized carbons (Fsp3) is 0.429. The van der Waals surface area contributed by atoms with Crippen LogP contribution < -0.4 is 0 Å². The second-order valence-electron chi connectivity index (χ2n) is 7.29. The summed E-state index contributed by atoms with van der Waals surface area (Å²) in [7, 11) is 0. The minimum Gasteiger partial charge on any atom is -0.457 e. The van der Waals surface area contributed by atoms with Gasteiger partial charge >= 0.3 is 5.97 Å². The van der Waals surface area contributed by atoms with Gasteiger partial charge in [-0.2, -0.15) is 0 Å². The maximum Gasteiger partial charge on any atom is 0.316 e. The van der Waals surface area contributed by atoms with Gasteiger partial charge in [0.25, 0.3) is 0 Å². The Morgan fingerprint density at radius 1 is 1.30 bits per heavy atom. The van der Waals surface area contributed by atoms with Crippen molar-refractivity contribution in [2.75, 3.05) is 12.4 Å². The molecule has 1 saturated carbocycles. The highest BCUT2D eigenvalue weighted by Crippen LogP contribution is 2.38. The van der Waals surface area contributed by atoms with Gasteiger partial charge in [-0.1, -0.05) is 17.8 Å². The lowest BCUT2D eigenvalue weighted by Gasteiger charge is -2.08. The summed E-state index contributed by atoms with van der Waals surface area (Å²) in [6, 6.07) is 6.38. The zero-order chi connectivity index (χ0) is 21.3. The summed E-state index contributed by atoms with van der Waals surface area (Å²) in [4.78, 5) is 25.8. The van der Waals surface area contributed by atoms with E-state index in [1.165, 1.54) is 11.8 Å². The first-order chi connectivity index (χ1) is 14.5. The summed E-state index contributed by atoms with van der Waals surface area (Å²) in [6.45, 7) is 6.44. The molecule has 0 N–H and O–H groups in total. The molecule has 0 aromatic carbocycles. The SMILES string of the molecule is CCn1c(SCC(=O)OCC(=O)c2cc(C)n(C3CC3)c2C)nnc1-c1cccs1. The van der Waals surface area contributed by atoms with Crippen molar-refractivity contribution in [3.63, 3.8) is 0 Å². The van der Waals surface area contributed by atoms with E-state index in [0.717, 1.165) is 34.9 Å². The summed E-state index contributed by atoms with van der Waals surface area (Å²) in [5.41, 5.74) is 2.69. The summed E-state index contributed by atoms with van der Waals surface area (Å²) < 4.78 is 9.43. The number of ketones is 1. The second kappa shape index (κ2) is 8.77. The Balaban J connectivity index is 1.33. The van der Waals surface area contributed by atoms with Crippen LogP contribution >= 0.6 is 23.1 Å². The molecule has 0 unspecified atom stereocenters. The van der Waals surface area contributed by atoms with Crippen molar-refractivity contribution in [2.24, 2.45) is 0 Å². The average Bonchev–Trinajstić information content (AvgIpc) is 3.15. The van der Waals surface area contributed by atoms with E-state index in [2.05, 4.69) is 14.8 Å². The molecule has 0 saturated heterocycles. The molecule has 4 rings (SSSR count). The fourth-order valence-electron chi connectivity index (χ4n) is 3.61. The average molecular weight is 445 g/mol. The molecular formula is C21H24N4O3S2. The molecule has 1 aliphatic rings. The standard InChI is InChI=1S/C21H24N4O3S2/c1-4-24-20(18-6-5-9-29-18)22-23-21(24)30-12-19(27)28-11-17(26)16-10-13(2)25(14(16)3)15-7-8-15/h5-6,9-10,15H,4,7-8,11-12H2,1-3H3. The molecule has 158 valence electrons. The Morgan fingerprint density at radius 2 is 2.10 bits per heavy atom. The molecule has 3 heterocycles. The molecule has 30 heavy (non-hydrogen) atoms. The van der Waals surface area contributed by atoms with Gasteiger partial charge in [0.2, 0.25) is 5.78 Å². The first-order valence-corrected chi connectivity index (χ1v) is 11.8. The van der Waals surface area contributed by atoms with Crippen molar-refractivity contribution >= 4 is 34.9 Å². The van der Waals surface area contributed by atoms with Gasteiger partial charge < -0.3 is 13.9 Å². The van der Waals surface area contributed by atoms with E-state index in [0.29, 0.717) is 23.3 Å². The number of nitrogens with zero attached hydrogens (tertiary/aromatic N) is 4. The lowest BCUT2D eigenvalue weighted by Crippen LogP contribution is -2.16. The van der Waals surface area contributed by atoms with Crippen molar-refractivity contribution in [3.8, 4) is 10.7 Å². The number of thioether (sulfide) groups is 1. The number of carbonyl (C=O) groups excluding carboxylic acids is 2. The largest absolute Gasteiger partial charge is 0.457 e. The summed E-state index contributed by atoms with van der Waals surface area (Å²) in [5.74, 6) is 0.277. The van der Waals surface area contributed by atoms with E-state index in [9.17, 15) is 9.59 Å². The number of aryl methyl sites for hydroxylation is 1. The lowest BCUT2D eigenvalue weighted by molar-refractivity contribution is -0.139. The first-order valence-electron chi connectivity index (χ1n) is 9.96. The van der Waals surface area contributed by atoms with Crippen LogP contribution in [0.3, 0.4) is 0 Å². The molecule has 0 atom stereocenters. The van der Waals surface area contributed by atoms with Gasteiger partial charge in [0, 0.05) is 29.5 Å². The van der Waals surface area contributed by atoms with Gasteiger partial charge in [-0.25, -0.2) is 0 Å². The molecule has 0 aliphatic heterocycles. The fourth-order valence-corrected chi connectivity index (χ4v) is 5.13. The van der Waals surface area contributed by atoms with Gasteiger partial charge in [0.1, 0.15) is 0 Å². The van der Waals surface area contributed by atoms with Gasteiger partial charge in [0.05, 0.1) is 10.6 Å². The van der Waals surface area contributed by atoms with E-state index in [-0.39, 0.29) is 18.1 Å². The highest BCUT2D eigenvalue weighted by molar-refractivity contribution is 7.99. The smallest absolute Gasteiger partial charge is 0.316 e. The predicted octanol–water partition coefficient (Wildman–Crippen LogP) is 4.30. The highest BCUT2D eigenvalue weighted by Gasteiger charge is 2.28. The molecule has 0 amide bonds. The molecule has 3 aromatic rings. The number of Topliss-reactive ketones (excluding diaryl/α,β-unsaturated/α-hetero) is 1. The van der Waals surface area contributed by atoms with Crippen LogP contribution in [0.1, 0.15) is 47.6 Å². The van der Waals surface area contributed by atoms with Crippen LogP contribution in [0, 0.1) is 13.8 Å². The third-order valence-corrected chi connectivity index (χ3v) is 6.96. The number of rotatable bonds is 9. The van der Waals surface area contributed by atoms with Gasteiger partial charge in [-0.15, -0.1) is 21.5 Å². The van der Waals surface area contributed by atoms with Gasteiger partial charge in [-0.05, 0) is 51.1 Å². The van der Waals surface area contributed by atoms with E-state index < -0.39 is 5.97 Å². The number of aromatic nitrogens is 4. The maximum absolute atomic E-state index is 12.6. The number of hydrogen-bond donors (Lipinski definition) is 0. The van der Waals surface area contributed by atoms with Crippen molar-refractivity contribution in [2.45, 2.75) is 51.4 Å². The van der Waals surface area contributed by atoms with Crippen molar-refractivity contribution in [3.05, 3.63) is 40.5 Å². The number of esters is 1. The van der Waals surface area contributed by atoms with E-state index in [1.807, 2.05) is 48.9 Å². The van der Waals surface area contributed by atoms with Crippen molar-refractivity contribution in [1.82, 2.24) is 19.3 Å². The first kappa shape index (κ1) is 20.9. The highest BCUT2D eigenvalue weighted by atomic mass is 32.2. The second-order valence-corrected chi connectivity index (χ2v) is 9.18. The minimum atomic E-state index is -0.437. The number of hydrogen-bond acceptors (Lipinski definition) is 7. The monoisotopic (exact) mass is 444 g/mol. The molecule has 1 aliphatic carbocycles. The van der Waals surface area contributed by atoms with Crippen LogP contribution in [0.2, 0.25) is 0 Å². The van der Waals surface area contributed by atoms with Crippen LogP contribution in [-0.4, -0.2) is 43.4 Å². The molecule has 0 radical (unpaired) electrons. The molecular weight excluding hydrogens is 420 g/mol. The van der Waals surface area contributed by atoms with Crippen LogP contribution in [-0.2, 0) is 16.1 Å². The van der Waals surface area contributed by atoms with E-state index in [1.54, 1.807) is 11.3 Å². The molecule has 0 spiro atoms. The van der Waals surface area contributed by atoms with Gasteiger partial charge in [0.15, 0.2) is 17.6 Å². The summed E-state index contributed by atoms with van der Waals surface area (Å²) >= 11 is 2.87. The zero-order valence-corrected chi connectivity index (χ0v) is 18.9. The molecule has 7 nitrogen and oxygen atoms in total. The van der Waals surface area contributed by atoms with Crippen LogP contribution in [0.4, 0.5) is 0 Å². The van der Waals surface area contributed by atoms with E-state index >= 15 is 0 Å². The van der Waals surface area contributed by atoms with Gasteiger partial charge in [-0.3, -0.25) is 9.59 Å². The number of carbonyl (C=O) groups is 2. The number of thiophene rings is 1. The normalized spacial score (nSPS) is 13.6. The Kier molecular flexibility index (Phi) is 6.10. The third-order valence-electron chi connectivity index (χ3n) is 5.15. The molecule has 0 bridgehead atoms. The molecule has 1 fully saturated rings. The van der Waals surface area contributed by atoms with Crippen LogP contribution in [0.15, 0.2) is 28.7 Å². The Labute approximate surface area is 183 Å². The Bertz CT molecular complexity index is 1060. The van der Waals surface area contributed by atoms with Crippen molar-refractivity contribution < 1.29 is 14.3 Å². The lowest BCUT2D eigenvalue weighted by atomic mass is 10.1. The molecule has 9 heteroatoms. The minimum absolute atomic E-state index is 0.0803. The Morgan fingerprint density at radius 3 is 2.77 bits per heavy atom. The van der Waals surface area contributed by atoms with Crippen LogP contribution in [0.5, 0.6) is 0 Å². The van der Waals surface area contributed by atoms with Crippen molar-refractivity contribution in [1.29, 1.82) is 0 Å².